The third-order valence-corrected chi connectivity index (χ3v) is 6.68. The van der Waals surface area contributed by atoms with E-state index in [4.69, 9.17) is 0 Å². The smallest absolute Gasteiger partial charge is 0.250 e. The summed E-state index contributed by atoms with van der Waals surface area (Å²) in [7, 11) is 0.0819. The minimum atomic E-state index is -3.57. The normalized spacial score (nSPS) is 13.5. The molecular formula is C14H16BrFN2O2S2. The SMILES string of the molecule is CN(C)[C@@H](CNS(=O)(=O)c1ccc(Br)s1)c1cccc(F)c1. The summed E-state index contributed by atoms with van der Waals surface area (Å²) < 4.78 is 41.5. The number of hydrogen-bond acceptors (Lipinski definition) is 4. The van der Waals surface area contributed by atoms with Gasteiger partial charge in [0.25, 0.3) is 0 Å². The molecule has 4 nitrogen and oxygen atoms in total. The Kier molecular flexibility index (Phi) is 5.73. The molecule has 0 fully saturated rings. The fourth-order valence-corrected chi connectivity index (χ4v) is 5.11. The van der Waals surface area contributed by atoms with Crippen LogP contribution in [0.4, 0.5) is 4.39 Å². The van der Waals surface area contributed by atoms with Gasteiger partial charge in [0.15, 0.2) is 0 Å². The molecule has 0 bridgehead atoms. The van der Waals surface area contributed by atoms with Crippen molar-refractivity contribution in [1.29, 1.82) is 0 Å². The molecule has 8 heteroatoms. The maximum Gasteiger partial charge on any atom is 0.250 e. The molecule has 0 saturated carbocycles. The highest BCUT2D eigenvalue weighted by Gasteiger charge is 2.21. The van der Waals surface area contributed by atoms with Crippen molar-refractivity contribution in [2.75, 3.05) is 20.6 Å². The molecular weight excluding hydrogens is 391 g/mol. The fourth-order valence-electron chi connectivity index (χ4n) is 2.01. The van der Waals surface area contributed by atoms with Gasteiger partial charge in [-0.2, -0.15) is 0 Å². The fraction of sp³-hybridized carbons (Fsp3) is 0.286. The molecule has 0 spiro atoms. The molecule has 0 saturated heterocycles. The zero-order valence-electron chi connectivity index (χ0n) is 12.1. The van der Waals surface area contributed by atoms with E-state index in [0.717, 1.165) is 20.7 Å². The van der Waals surface area contributed by atoms with E-state index < -0.39 is 10.0 Å². The average Bonchev–Trinajstić information content (AvgIpc) is 2.86. The Bertz CT molecular complexity index is 747. The van der Waals surface area contributed by atoms with Crippen molar-refractivity contribution < 1.29 is 12.8 Å². The minimum absolute atomic E-state index is 0.161. The summed E-state index contributed by atoms with van der Waals surface area (Å²) in [5.74, 6) is -0.339. The number of rotatable bonds is 6. The van der Waals surface area contributed by atoms with E-state index in [9.17, 15) is 12.8 Å². The predicted molar refractivity (Wildman–Crippen MR) is 90.0 cm³/mol. The molecule has 0 amide bonds. The van der Waals surface area contributed by atoms with Crippen LogP contribution in [-0.4, -0.2) is 34.0 Å². The lowest BCUT2D eigenvalue weighted by Gasteiger charge is -2.25. The van der Waals surface area contributed by atoms with Gasteiger partial charge in [-0.25, -0.2) is 17.5 Å². The molecule has 1 N–H and O–H groups in total. The highest BCUT2D eigenvalue weighted by Crippen LogP contribution is 2.26. The first-order valence-electron chi connectivity index (χ1n) is 6.46. The molecule has 1 atom stereocenters. The van der Waals surface area contributed by atoms with E-state index in [0.29, 0.717) is 0 Å². The number of likely N-dealkylation sites (N-methyl/N-ethyl adjacent to an activating group) is 1. The van der Waals surface area contributed by atoms with Gasteiger partial charge in [0.05, 0.1) is 3.79 Å². The second-order valence-electron chi connectivity index (χ2n) is 4.94. The van der Waals surface area contributed by atoms with Gasteiger partial charge < -0.3 is 4.90 Å². The summed E-state index contributed by atoms with van der Waals surface area (Å²) in [5, 5.41) is 0. The Morgan fingerprint density at radius 1 is 1.32 bits per heavy atom. The average molecular weight is 407 g/mol. The Hall–Kier alpha value is -0.800. The maximum absolute atomic E-state index is 13.4. The van der Waals surface area contributed by atoms with Gasteiger partial charge in [0, 0.05) is 12.6 Å². The van der Waals surface area contributed by atoms with Crippen molar-refractivity contribution in [3.8, 4) is 0 Å². The lowest BCUT2D eigenvalue weighted by Crippen LogP contribution is -2.34. The van der Waals surface area contributed by atoms with Crippen LogP contribution in [0.25, 0.3) is 0 Å². The van der Waals surface area contributed by atoms with Crippen LogP contribution in [0.15, 0.2) is 44.4 Å². The molecule has 0 aliphatic heterocycles. The van der Waals surface area contributed by atoms with E-state index in [-0.39, 0.29) is 22.6 Å². The van der Waals surface area contributed by atoms with E-state index in [1.54, 1.807) is 24.3 Å². The van der Waals surface area contributed by atoms with Gasteiger partial charge in [-0.3, -0.25) is 0 Å². The van der Waals surface area contributed by atoms with Gasteiger partial charge in [0.1, 0.15) is 10.0 Å². The van der Waals surface area contributed by atoms with Crippen LogP contribution in [0.2, 0.25) is 0 Å². The molecule has 120 valence electrons. The number of hydrogen-bond donors (Lipinski definition) is 1. The van der Waals surface area contributed by atoms with Crippen molar-refractivity contribution in [2.24, 2.45) is 0 Å². The molecule has 22 heavy (non-hydrogen) atoms. The first-order valence-corrected chi connectivity index (χ1v) is 9.56. The molecule has 2 aromatic rings. The van der Waals surface area contributed by atoms with Crippen molar-refractivity contribution in [3.05, 3.63) is 51.6 Å². The summed E-state index contributed by atoms with van der Waals surface area (Å²) in [6.45, 7) is 0.161. The summed E-state index contributed by atoms with van der Waals surface area (Å²) in [4.78, 5) is 1.85. The second kappa shape index (κ2) is 7.18. The monoisotopic (exact) mass is 406 g/mol. The van der Waals surface area contributed by atoms with Crippen LogP contribution < -0.4 is 4.72 Å². The van der Waals surface area contributed by atoms with Crippen LogP contribution in [0, 0.1) is 5.82 Å². The number of thiophene rings is 1. The number of halogens is 2. The first-order chi connectivity index (χ1) is 10.3. The highest BCUT2D eigenvalue weighted by molar-refractivity contribution is 9.11. The largest absolute Gasteiger partial charge is 0.301 e. The number of sulfonamides is 1. The minimum Gasteiger partial charge on any atom is -0.301 e. The maximum atomic E-state index is 13.4. The topological polar surface area (TPSA) is 49.4 Å². The molecule has 1 aromatic carbocycles. The first kappa shape index (κ1) is 17.6. The Balaban J connectivity index is 2.16. The van der Waals surface area contributed by atoms with Crippen LogP contribution in [-0.2, 0) is 10.0 Å². The molecule has 0 unspecified atom stereocenters. The van der Waals surface area contributed by atoms with Gasteiger partial charge in [0.2, 0.25) is 10.0 Å². The Morgan fingerprint density at radius 2 is 2.05 bits per heavy atom. The second-order valence-corrected chi connectivity index (χ2v) is 9.40. The molecule has 1 heterocycles. The molecule has 0 radical (unpaired) electrons. The van der Waals surface area contributed by atoms with Gasteiger partial charge in [-0.1, -0.05) is 12.1 Å². The van der Waals surface area contributed by atoms with E-state index in [2.05, 4.69) is 20.7 Å². The molecule has 0 aliphatic rings. The van der Waals surface area contributed by atoms with Crippen molar-refractivity contribution in [1.82, 2.24) is 9.62 Å². The summed E-state index contributed by atoms with van der Waals surface area (Å²) in [6.07, 6.45) is 0. The van der Waals surface area contributed by atoms with Gasteiger partial charge in [-0.15, -0.1) is 11.3 Å². The number of benzene rings is 1. The quantitative estimate of drug-likeness (QED) is 0.800. The molecule has 1 aromatic heterocycles. The lowest BCUT2D eigenvalue weighted by atomic mass is 10.1. The van der Waals surface area contributed by atoms with Crippen LogP contribution in [0.5, 0.6) is 0 Å². The van der Waals surface area contributed by atoms with E-state index in [1.165, 1.54) is 12.1 Å². The Labute approximate surface area is 142 Å². The van der Waals surface area contributed by atoms with Crippen molar-refractivity contribution >= 4 is 37.3 Å². The standard InChI is InChI=1S/C14H16BrFN2O2S2/c1-18(2)12(10-4-3-5-11(16)8-10)9-17-22(19,20)14-7-6-13(15)21-14/h3-8,12,17H,9H2,1-2H3/t12-/m0/s1. The van der Waals surface area contributed by atoms with Crippen LogP contribution in [0.3, 0.4) is 0 Å². The summed E-state index contributed by atoms with van der Waals surface area (Å²) in [6, 6.07) is 9.16. The summed E-state index contributed by atoms with van der Waals surface area (Å²) in [5.41, 5.74) is 0.722. The van der Waals surface area contributed by atoms with Crippen molar-refractivity contribution in [3.63, 3.8) is 0 Å². The molecule has 0 aliphatic carbocycles. The third-order valence-electron chi connectivity index (χ3n) is 3.14. The van der Waals surface area contributed by atoms with E-state index >= 15 is 0 Å². The zero-order valence-corrected chi connectivity index (χ0v) is 15.3. The zero-order chi connectivity index (χ0) is 16.3. The Morgan fingerprint density at radius 3 is 2.59 bits per heavy atom. The van der Waals surface area contributed by atoms with E-state index in [1.807, 2.05) is 19.0 Å². The van der Waals surface area contributed by atoms with Crippen molar-refractivity contribution in [2.45, 2.75) is 10.3 Å². The lowest BCUT2D eigenvalue weighted by molar-refractivity contribution is 0.299. The predicted octanol–water partition coefficient (Wildman–Crippen LogP) is 3.23. The number of nitrogens with one attached hydrogen (secondary N) is 1. The van der Waals surface area contributed by atoms with Gasteiger partial charge in [-0.05, 0) is 59.9 Å². The number of nitrogens with zero attached hydrogens (tertiary/aromatic N) is 1. The molecule has 2 rings (SSSR count). The van der Waals surface area contributed by atoms with Crippen LogP contribution >= 0.6 is 27.3 Å². The highest BCUT2D eigenvalue weighted by atomic mass is 79.9. The van der Waals surface area contributed by atoms with Gasteiger partial charge >= 0.3 is 0 Å². The third kappa shape index (κ3) is 4.36. The summed E-state index contributed by atoms with van der Waals surface area (Å²) >= 11 is 4.39. The van der Waals surface area contributed by atoms with Crippen LogP contribution in [0.1, 0.15) is 11.6 Å².